The topological polar surface area (TPSA) is 72.7 Å². The number of aryl methyl sites for hydroxylation is 2. The summed E-state index contributed by atoms with van der Waals surface area (Å²) in [5.41, 5.74) is 2.31. The van der Waals surface area contributed by atoms with E-state index in [2.05, 4.69) is 20.4 Å². The number of hydrogen-bond acceptors (Lipinski definition) is 5. The lowest BCUT2D eigenvalue weighted by molar-refractivity contribution is 0.301. The fraction of sp³-hybridized carbons (Fsp3) is 0.529. The van der Waals surface area contributed by atoms with E-state index in [4.69, 9.17) is 11.6 Å². The molecule has 2 aliphatic rings. The molecule has 2 aromatic rings. The number of nitrogens with one attached hydrogen (secondary N) is 1. The first kappa shape index (κ1) is 15.6. The molecule has 1 saturated carbocycles. The molecular weight excluding hydrogens is 326 g/mol. The summed E-state index contributed by atoms with van der Waals surface area (Å²) in [5.74, 6) is 0.607. The van der Waals surface area contributed by atoms with Gasteiger partial charge in [-0.05, 0) is 50.5 Å². The quantitative estimate of drug-likeness (QED) is 0.926. The molecule has 1 N–H and O–H groups in total. The molecule has 2 aromatic heterocycles. The molecule has 1 fully saturated rings. The molecule has 0 spiro atoms. The van der Waals surface area contributed by atoms with Crippen molar-refractivity contribution in [1.29, 1.82) is 0 Å². The highest BCUT2D eigenvalue weighted by atomic mass is 35.5. The molecule has 24 heavy (non-hydrogen) atoms. The predicted molar refractivity (Wildman–Crippen MR) is 92.5 cm³/mol. The molecule has 7 heteroatoms. The largest absolute Gasteiger partial charge is 0.351 e. The molecule has 0 aliphatic heterocycles. The third-order valence-electron chi connectivity index (χ3n) is 4.98. The monoisotopic (exact) mass is 345 g/mol. The van der Waals surface area contributed by atoms with Gasteiger partial charge in [-0.25, -0.2) is 14.6 Å². The minimum Gasteiger partial charge on any atom is -0.351 e. The molecule has 126 valence electrons. The Labute approximate surface area is 145 Å². The lowest BCUT2D eigenvalue weighted by Gasteiger charge is -2.29. The van der Waals surface area contributed by atoms with Crippen molar-refractivity contribution in [2.75, 3.05) is 5.32 Å². The number of fused-ring (bicyclic) bond motifs is 1. The van der Waals surface area contributed by atoms with Gasteiger partial charge in [0, 0.05) is 12.1 Å². The Hall–Kier alpha value is -1.95. The van der Waals surface area contributed by atoms with Crippen LogP contribution < -0.4 is 10.9 Å². The zero-order chi connectivity index (χ0) is 16.5. The summed E-state index contributed by atoms with van der Waals surface area (Å²) in [5, 5.41) is 8.52. The van der Waals surface area contributed by atoms with Gasteiger partial charge in [-0.1, -0.05) is 11.6 Å². The van der Waals surface area contributed by atoms with Crippen LogP contribution in [0.3, 0.4) is 0 Å². The van der Waals surface area contributed by atoms with Crippen LogP contribution in [0.25, 0.3) is 0 Å². The molecular formula is C17H20ClN5O. The van der Waals surface area contributed by atoms with Crippen LogP contribution in [-0.2, 0) is 12.8 Å². The number of nitrogens with zero attached hydrogens (tertiary/aromatic N) is 4. The standard InChI is InChI=1S/C17H20ClN5O/c18-12-9-19-17(20-10-12)21-13-4-6-14(7-5-13)23-16(24)8-11-2-1-3-15(11)22-23/h8-10,13-14H,1-7H2,(H,19,20,21). The number of anilines is 1. The van der Waals surface area contributed by atoms with Crippen molar-refractivity contribution in [3.05, 3.63) is 45.1 Å². The van der Waals surface area contributed by atoms with E-state index in [1.54, 1.807) is 23.1 Å². The first-order valence-corrected chi connectivity index (χ1v) is 8.92. The van der Waals surface area contributed by atoms with E-state index in [-0.39, 0.29) is 11.6 Å². The van der Waals surface area contributed by atoms with E-state index in [0.29, 0.717) is 17.0 Å². The van der Waals surface area contributed by atoms with E-state index < -0.39 is 0 Å². The molecule has 0 aromatic carbocycles. The smallest absolute Gasteiger partial charge is 0.267 e. The third kappa shape index (κ3) is 3.15. The SMILES string of the molecule is O=c1cc2c(nn1C1CCC(Nc3ncc(Cl)cn3)CC1)CCC2. The second-order valence-corrected chi connectivity index (χ2v) is 7.06. The fourth-order valence-corrected chi connectivity index (χ4v) is 3.81. The molecule has 0 amide bonds. The van der Waals surface area contributed by atoms with E-state index >= 15 is 0 Å². The Morgan fingerprint density at radius 3 is 2.62 bits per heavy atom. The van der Waals surface area contributed by atoms with Gasteiger partial charge in [-0.15, -0.1) is 0 Å². The van der Waals surface area contributed by atoms with Crippen molar-refractivity contribution in [3.63, 3.8) is 0 Å². The van der Waals surface area contributed by atoms with Crippen LogP contribution in [0.4, 0.5) is 5.95 Å². The highest BCUT2D eigenvalue weighted by molar-refractivity contribution is 6.30. The second-order valence-electron chi connectivity index (χ2n) is 6.63. The Kier molecular flexibility index (Phi) is 4.22. The fourth-order valence-electron chi connectivity index (χ4n) is 3.71. The summed E-state index contributed by atoms with van der Waals surface area (Å²) in [6, 6.07) is 2.32. The van der Waals surface area contributed by atoms with Crippen LogP contribution >= 0.6 is 11.6 Å². The molecule has 4 rings (SSSR count). The second kappa shape index (κ2) is 6.51. The van der Waals surface area contributed by atoms with Crippen molar-refractivity contribution in [3.8, 4) is 0 Å². The normalized spacial score (nSPS) is 23.0. The van der Waals surface area contributed by atoms with E-state index in [9.17, 15) is 4.79 Å². The van der Waals surface area contributed by atoms with Gasteiger partial charge in [-0.3, -0.25) is 4.79 Å². The van der Waals surface area contributed by atoms with Crippen molar-refractivity contribution in [2.45, 2.75) is 57.0 Å². The Morgan fingerprint density at radius 2 is 1.88 bits per heavy atom. The average molecular weight is 346 g/mol. The predicted octanol–water partition coefficient (Wildman–Crippen LogP) is 2.77. The summed E-state index contributed by atoms with van der Waals surface area (Å²) in [7, 11) is 0. The lowest BCUT2D eigenvalue weighted by atomic mass is 9.91. The van der Waals surface area contributed by atoms with Crippen LogP contribution in [0.5, 0.6) is 0 Å². The van der Waals surface area contributed by atoms with Crippen LogP contribution in [0.15, 0.2) is 23.3 Å². The first-order valence-electron chi connectivity index (χ1n) is 8.55. The average Bonchev–Trinajstić information content (AvgIpc) is 3.04. The molecule has 0 unspecified atom stereocenters. The summed E-state index contributed by atoms with van der Waals surface area (Å²) in [6.07, 6.45) is 10.1. The third-order valence-corrected chi connectivity index (χ3v) is 5.17. The summed E-state index contributed by atoms with van der Waals surface area (Å²) >= 11 is 5.80. The zero-order valence-corrected chi connectivity index (χ0v) is 14.2. The molecule has 6 nitrogen and oxygen atoms in total. The van der Waals surface area contributed by atoms with Crippen LogP contribution in [0, 0.1) is 0 Å². The summed E-state index contributed by atoms with van der Waals surface area (Å²) in [4.78, 5) is 20.7. The number of rotatable bonds is 3. The van der Waals surface area contributed by atoms with Crippen LogP contribution in [0.1, 0.15) is 49.4 Å². The molecule has 0 bridgehead atoms. The maximum Gasteiger partial charge on any atom is 0.267 e. The molecule has 2 heterocycles. The van der Waals surface area contributed by atoms with E-state index in [1.165, 1.54) is 0 Å². The number of halogens is 1. The van der Waals surface area contributed by atoms with Crippen LogP contribution in [0.2, 0.25) is 5.02 Å². The number of hydrogen-bond donors (Lipinski definition) is 1. The lowest BCUT2D eigenvalue weighted by Crippen LogP contribution is -2.34. The van der Waals surface area contributed by atoms with Crippen LogP contribution in [-0.4, -0.2) is 25.8 Å². The van der Waals surface area contributed by atoms with Gasteiger partial charge in [0.25, 0.3) is 5.56 Å². The number of aromatic nitrogens is 4. The zero-order valence-electron chi connectivity index (χ0n) is 13.4. The minimum atomic E-state index is 0.0492. The highest BCUT2D eigenvalue weighted by Crippen LogP contribution is 2.29. The van der Waals surface area contributed by atoms with Crippen molar-refractivity contribution >= 4 is 17.5 Å². The molecule has 0 radical (unpaired) electrons. The van der Waals surface area contributed by atoms with Gasteiger partial charge in [0.1, 0.15) is 0 Å². The summed E-state index contributed by atoms with van der Waals surface area (Å²) in [6.45, 7) is 0. The highest BCUT2D eigenvalue weighted by Gasteiger charge is 2.25. The van der Waals surface area contributed by atoms with E-state index in [0.717, 1.165) is 56.2 Å². The van der Waals surface area contributed by atoms with Crippen molar-refractivity contribution in [1.82, 2.24) is 19.7 Å². The van der Waals surface area contributed by atoms with Gasteiger partial charge >= 0.3 is 0 Å². The Bertz CT molecular complexity index is 781. The van der Waals surface area contributed by atoms with Gasteiger partial charge in [0.05, 0.1) is 29.2 Å². The molecule has 2 aliphatic carbocycles. The van der Waals surface area contributed by atoms with Gasteiger partial charge in [0.2, 0.25) is 5.95 Å². The van der Waals surface area contributed by atoms with Gasteiger partial charge in [0.15, 0.2) is 0 Å². The minimum absolute atomic E-state index is 0.0492. The maximum absolute atomic E-state index is 12.3. The maximum atomic E-state index is 12.3. The van der Waals surface area contributed by atoms with Gasteiger partial charge in [-0.2, -0.15) is 5.10 Å². The van der Waals surface area contributed by atoms with Crippen molar-refractivity contribution < 1.29 is 0 Å². The Morgan fingerprint density at radius 1 is 1.12 bits per heavy atom. The molecule has 0 atom stereocenters. The van der Waals surface area contributed by atoms with Gasteiger partial charge < -0.3 is 5.32 Å². The summed E-state index contributed by atoms with van der Waals surface area (Å²) < 4.78 is 1.72. The molecule has 0 saturated heterocycles. The Balaban J connectivity index is 1.41. The van der Waals surface area contributed by atoms with E-state index in [1.807, 2.05) is 0 Å². The van der Waals surface area contributed by atoms with Crippen molar-refractivity contribution in [2.24, 2.45) is 0 Å². The first-order chi connectivity index (χ1) is 11.7.